The lowest BCUT2D eigenvalue weighted by Gasteiger charge is -2.34. The molecule has 0 bridgehead atoms. The number of amides is 2. The summed E-state index contributed by atoms with van der Waals surface area (Å²) in [6, 6.07) is 7.37. The zero-order valence-electron chi connectivity index (χ0n) is 10.8. The lowest BCUT2D eigenvalue weighted by Crippen LogP contribution is -2.47. The highest BCUT2D eigenvalue weighted by molar-refractivity contribution is 7.80. The number of urea groups is 1. The number of nitrogens with one attached hydrogen (secondary N) is 1. The molecule has 0 saturated carbocycles. The maximum Gasteiger partial charge on any atom is 0.322 e. The molecule has 0 unspecified atom stereocenters. The van der Waals surface area contributed by atoms with E-state index in [0.29, 0.717) is 6.54 Å². The number of hydrogen-bond acceptors (Lipinski definition) is 2. The molecule has 0 aliphatic rings. The third-order valence-corrected chi connectivity index (χ3v) is 2.91. The quantitative estimate of drug-likeness (QED) is 0.774. The second-order valence-corrected chi connectivity index (χ2v) is 5.34. The average molecular weight is 252 g/mol. The molecule has 0 fully saturated rings. The molecule has 0 aromatic heterocycles. The van der Waals surface area contributed by atoms with Crippen molar-refractivity contribution in [1.29, 1.82) is 0 Å². The van der Waals surface area contributed by atoms with Gasteiger partial charge in [0.1, 0.15) is 0 Å². The first-order valence-corrected chi connectivity index (χ1v) is 6.17. The minimum Gasteiger partial charge on any atom is -0.320 e. The molecule has 4 heteroatoms. The largest absolute Gasteiger partial charge is 0.322 e. The Hall–Kier alpha value is -1.16. The Morgan fingerprint density at radius 2 is 1.94 bits per heavy atom. The van der Waals surface area contributed by atoms with Crippen LogP contribution in [0.5, 0.6) is 0 Å². The Bertz CT molecular complexity index is 399. The molecule has 1 aromatic rings. The molecule has 1 aromatic carbocycles. The van der Waals surface area contributed by atoms with E-state index < -0.39 is 0 Å². The van der Waals surface area contributed by atoms with Crippen molar-refractivity contribution in [1.82, 2.24) is 4.90 Å². The highest BCUT2D eigenvalue weighted by Gasteiger charge is 2.24. The first-order valence-electron chi connectivity index (χ1n) is 5.73. The predicted octanol–water partition coefficient (Wildman–Crippen LogP) is 3.63. The van der Waals surface area contributed by atoms with E-state index in [9.17, 15) is 4.79 Å². The van der Waals surface area contributed by atoms with Crippen LogP contribution in [0, 0.1) is 0 Å². The van der Waals surface area contributed by atoms with Gasteiger partial charge < -0.3 is 10.2 Å². The monoisotopic (exact) mass is 252 g/mol. The van der Waals surface area contributed by atoms with Crippen LogP contribution in [0.15, 0.2) is 29.2 Å². The fourth-order valence-corrected chi connectivity index (χ4v) is 1.90. The van der Waals surface area contributed by atoms with Gasteiger partial charge in [0.25, 0.3) is 0 Å². The van der Waals surface area contributed by atoms with Gasteiger partial charge in [-0.25, -0.2) is 4.79 Å². The molecular weight excluding hydrogens is 232 g/mol. The summed E-state index contributed by atoms with van der Waals surface area (Å²) >= 11 is 4.31. The van der Waals surface area contributed by atoms with Gasteiger partial charge in [0, 0.05) is 17.0 Å². The fraction of sp³-hybridized carbons (Fsp3) is 0.462. The minimum atomic E-state index is -0.190. The number of para-hydroxylation sites is 1. The number of benzene rings is 1. The second-order valence-electron chi connectivity index (χ2n) is 4.86. The fourth-order valence-electron chi connectivity index (χ4n) is 1.68. The average Bonchev–Trinajstić information content (AvgIpc) is 2.20. The minimum absolute atomic E-state index is 0.0958. The van der Waals surface area contributed by atoms with E-state index in [1.54, 1.807) is 4.90 Å². The summed E-state index contributed by atoms with van der Waals surface area (Å²) in [4.78, 5) is 14.7. The predicted molar refractivity (Wildman–Crippen MR) is 74.8 cm³/mol. The maximum atomic E-state index is 12.1. The summed E-state index contributed by atoms with van der Waals surface area (Å²) < 4.78 is 0. The van der Waals surface area contributed by atoms with Crippen molar-refractivity contribution in [2.24, 2.45) is 0 Å². The third kappa shape index (κ3) is 3.66. The number of anilines is 1. The summed E-state index contributed by atoms with van der Waals surface area (Å²) in [7, 11) is 0. The Morgan fingerprint density at radius 1 is 1.35 bits per heavy atom. The first kappa shape index (κ1) is 13.9. The molecule has 94 valence electrons. The molecule has 0 aliphatic heterocycles. The molecule has 0 radical (unpaired) electrons. The highest BCUT2D eigenvalue weighted by Crippen LogP contribution is 2.21. The third-order valence-electron chi connectivity index (χ3n) is 2.52. The van der Waals surface area contributed by atoms with Gasteiger partial charge in [0.05, 0.1) is 5.69 Å². The van der Waals surface area contributed by atoms with Gasteiger partial charge in [0.15, 0.2) is 0 Å². The molecule has 1 N–H and O–H groups in total. The Kier molecular flexibility index (Phi) is 4.46. The smallest absolute Gasteiger partial charge is 0.320 e. The van der Waals surface area contributed by atoms with Crippen molar-refractivity contribution in [3.8, 4) is 0 Å². The first-order chi connectivity index (χ1) is 7.86. The molecule has 0 aliphatic carbocycles. The SMILES string of the molecule is CCN(C(=O)Nc1ccccc1S)C(C)(C)C. The topological polar surface area (TPSA) is 32.3 Å². The van der Waals surface area contributed by atoms with Gasteiger partial charge in [-0.15, -0.1) is 12.6 Å². The van der Waals surface area contributed by atoms with Gasteiger partial charge in [-0.2, -0.15) is 0 Å². The van der Waals surface area contributed by atoms with Gasteiger partial charge in [-0.05, 0) is 39.8 Å². The van der Waals surface area contributed by atoms with E-state index in [1.807, 2.05) is 52.0 Å². The van der Waals surface area contributed by atoms with Crippen LogP contribution < -0.4 is 5.32 Å². The van der Waals surface area contributed by atoms with Crippen LogP contribution in [0.4, 0.5) is 10.5 Å². The van der Waals surface area contributed by atoms with Crippen molar-refractivity contribution in [2.75, 3.05) is 11.9 Å². The van der Waals surface area contributed by atoms with Crippen LogP contribution in [0.1, 0.15) is 27.7 Å². The summed E-state index contributed by atoms with van der Waals surface area (Å²) in [5, 5.41) is 2.88. The Balaban J connectivity index is 2.82. The highest BCUT2D eigenvalue weighted by atomic mass is 32.1. The number of nitrogens with zero attached hydrogens (tertiary/aromatic N) is 1. The summed E-state index contributed by atoms with van der Waals surface area (Å²) in [5.74, 6) is 0. The van der Waals surface area contributed by atoms with Crippen LogP contribution in [-0.2, 0) is 0 Å². The van der Waals surface area contributed by atoms with Crippen LogP contribution in [-0.4, -0.2) is 23.0 Å². The van der Waals surface area contributed by atoms with Crippen LogP contribution in [0.3, 0.4) is 0 Å². The van der Waals surface area contributed by atoms with Gasteiger partial charge in [-0.3, -0.25) is 0 Å². The molecule has 0 saturated heterocycles. The van der Waals surface area contributed by atoms with Crippen LogP contribution in [0.2, 0.25) is 0 Å². The Labute approximate surface area is 109 Å². The number of rotatable bonds is 2. The van der Waals surface area contributed by atoms with Crippen molar-refractivity contribution >= 4 is 24.3 Å². The number of carbonyl (C=O) groups is 1. The molecule has 2 amide bonds. The zero-order chi connectivity index (χ0) is 13.1. The summed E-state index contributed by atoms with van der Waals surface area (Å²) in [5.41, 5.74) is 0.549. The summed E-state index contributed by atoms with van der Waals surface area (Å²) in [6.07, 6.45) is 0. The van der Waals surface area contributed by atoms with Crippen LogP contribution >= 0.6 is 12.6 Å². The van der Waals surface area contributed by atoms with E-state index in [2.05, 4.69) is 17.9 Å². The van der Waals surface area contributed by atoms with E-state index in [0.717, 1.165) is 10.6 Å². The molecule has 1 rings (SSSR count). The molecule has 0 atom stereocenters. The van der Waals surface area contributed by atoms with E-state index >= 15 is 0 Å². The van der Waals surface area contributed by atoms with E-state index in [-0.39, 0.29) is 11.6 Å². The second kappa shape index (κ2) is 5.45. The Morgan fingerprint density at radius 3 is 2.41 bits per heavy atom. The molecule has 0 heterocycles. The standard InChI is InChI=1S/C13H20N2OS/c1-5-15(13(2,3)4)12(16)14-10-8-6-7-9-11(10)17/h6-9,17H,5H2,1-4H3,(H,14,16). The molecule has 0 spiro atoms. The van der Waals surface area contributed by atoms with E-state index in [4.69, 9.17) is 0 Å². The molecular formula is C13H20N2OS. The molecule has 3 nitrogen and oxygen atoms in total. The summed E-state index contributed by atoms with van der Waals surface area (Å²) in [6.45, 7) is 8.69. The van der Waals surface area contributed by atoms with Gasteiger partial charge in [-0.1, -0.05) is 12.1 Å². The number of thiol groups is 1. The lowest BCUT2D eigenvalue weighted by molar-refractivity contribution is 0.162. The van der Waals surface area contributed by atoms with Gasteiger partial charge >= 0.3 is 6.03 Å². The van der Waals surface area contributed by atoms with Gasteiger partial charge in [0.2, 0.25) is 0 Å². The molecule has 17 heavy (non-hydrogen) atoms. The van der Waals surface area contributed by atoms with Crippen LogP contribution in [0.25, 0.3) is 0 Å². The van der Waals surface area contributed by atoms with E-state index in [1.165, 1.54) is 0 Å². The lowest BCUT2D eigenvalue weighted by atomic mass is 10.1. The van der Waals surface area contributed by atoms with Crippen molar-refractivity contribution in [2.45, 2.75) is 38.1 Å². The van der Waals surface area contributed by atoms with Crippen molar-refractivity contribution in [3.63, 3.8) is 0 Å². The number of hydrogen-bond donors (Lipinski definition) is 2. The van der Waals surface area contributed by atoms with Crippen molar-refractivity contribution < 1.29 is 4.79 Å². The number of carbonyl (C=O) groups excluding carboxylic acids is 1. The maximum absolute atomic E-state index is 12.1. The van der Waals surface area contributed by atoms with Crippen molar-refractivity contribution in [3.05, 3.63) is 24.3 Å². The normalized spacial score (nSPS) is 11.1. The zero-order valence-corrected chi connectivity index (χ0v) is 11.7.